The van der Waals surface area contributed by atoms with Crippen molar-refractivity contribution in [1.29, 1.82) is 0 Å². The summed E-state index contributed by atoms with van der Waals surface area (Å²) in [7, 11) is 1.34. The van der Waals surface area contributed by atoms with Gasteiger partial charge in [0.15, 0.2) is 0 Å². The minimum Gasteiger partial charge on any atom is -0.465 e. The van der Waals surface area contributed by atoms with Gasteiger partial charge in [-0.05, 0) is 17.7 Å². The lowest BCUT2D eigenvalue weighted by atomic mass is 10.1. The van der Waals surface area contributed by atoms with Crippen molar-refractivity contribution in [3.63, 3.8) is 0 Å². The Balaban J connectivity index is 3.02. The number of hydrogen-bond donors (Lipinski definition) is 0. The van der Waals surface area contributed by atoms with Crippen LogP contribution in [-0.4, -0.2) is 18.1 Å². The second kappa shape index (κ2) is 5.66. The summed E-state index contributed by atoms with van der Waals surface area (Å²) < 4.78 is 4.58. The predicted molar refractivity (Wildman–Crippen MR) is 63.9 cm³/mol. The van der Waals surface area contributed by atoms with Crippen LogP contribution in [0, 0.1) is 0 Å². The third kappa shape index (κ3) is 2.67. The highest BCUT2D eigenvalue weighted by atomic mass is 16.5. The molecule has 0 atom stereocenters. The zero-order valence-electron chi connectivity index (χ0n) is 9.14. The molecule has 0 fully saturated rings. The summed E-state index contributed by atoms with van der Waals surface area (Å²) in [6, 6.07) is 3.40. The van der Waals surface area contributed by atoms with E-state index in [0.29, 0.717) is 5.56 Å². The Morgan fingerprint density at radius 1 is 1.44 bits per heavy atom. The molecule has 1 aromatic heterocycles. The highest BCUT2D eigenvalue weighted by molar-refractivity contribution is 5.89. The maximum absolute atomic E-state index is 11.2. The molecule has 1 rings (SSSR count). The first kappa shape index (κ1) is 11.9. The number of carbonyl (C=O) groups is 1. The quantitative estimate of drug-likeness (QED) is 0.572. The van der Waals surface area contributed by atoms with Crippen molar-refractivity contribution in [1.82, 2.24) is 4.98 Å². The Morgan fingerprint density at radius 3 is 2.62 bits per heavy atom. The summed E-state index contributed by atoms with van der Waals surface area (Å²) in [6.07, 6.45) is 6.61. The summed E-state index contributed by atoms with van der Waals surface area (Å²) in [5.74, 6) is -0.396. The van der Waals surface area contributed by atoms with Crippen LogP contribution in [0.3, 0.4) is 0 Å². The van der Waals surface area contributed by atoms with Crippen LogP contribution in [0.5, 0.6) is 0 Å². The van der Waals surface area contributed by atoms with Gasteiger partial charge < -0.3 is 4.74 Å². The van der Waals surface area contributed by atoms with Crippen LogP contribution < -0.4 is 0 Å². The first-order valence-corrected chi connectivity index (χ1v) is 4.72. The number of rotatable bonds is 4. The summed E-state index contributed by atoms with van der Waals surface area (Å²) in [5.41, 5.74) is 2.02. The largest absolute Gasteiger partial charge is 0.465 e. The SMILES string of the molecule is C=C/C=C(\C=C)c1ccc(C(=O)OC)cn1. The van der Waals surface area contributed by atoms with Gasteiger partial charge in [-0.25, -0.2) is 4.79 Å². The van der Waals surface area contributed by atoms with E-state index < -0.39 is 5.97 Å². The molecule has 0 saturated carbocycles. The monoisotopic (exact) mass is 215 g/mol. The molecule has 0 aliphatic heterocycles. The molecule has 0 unspecified atom stereocenters. The molecule has 0 spiro atoms. The molecule has 0 saturated heterocycles. The van der Waals surface area contributed by atoms with Crippen molar-refractivity contribution in [3.8, 4) is 0 Å². The first-order chi connectivity index (χ1) is 7.72. The maximum Gasteiger partial charge on any atom is 0.339 e. The number of esters is 1. The molecule has 0 aliphatic rings. The van der Waals surface area contributed by atoms with E-state index in [2.05, 4.69) is 22.9 Å². The van der Waals surface area contributed by atoms with E-state index in [1.54, 1.807) is 30.4 Å². The molecule has 1 aromatic rings. The number of allylic oxidation sites excluding steroid dienone is 4. The van der Waals surface area contributed by atoms with Crippen molar-refractivity contribution in [3.05, 3.63) is 61.0 Å². The first-order valence-electron chi connectivity index (χ1n) is 4.72. The number of nitrogens with zero attached hydrogens (tertiary/aromatic N) is 1. The van der Waals surface area contributed by atoms with Gasteiger partial charge in [-0.2, -0.15) is 0 Å². The van der Waals surface area contributed by atoms with Gasteiger partial charge in [-0.3, -0.25) is 4.98 Å². The lowest BCUT2D eigenvalue weighted by molar-refractivity contribution is 0.0600. The molecule has 0 aromatic carbocycles. The van der Waals surface area contributed by atoms with E-state index >= 15 is 0 Å². The molecular weight excluding hydrogens is 202 g/mol. The highest BCUT2D eigenvalue weighted by Gasteiger charge is 2.05. The van der Waals surface area contributed by atoms with Gasteiger partial charge in [0.05, 0.1) is 18.4 Å². The molecule has 1 heterocycles. The summed E-state index contributed by atoms with van der Waals surface area (Å²) in [4.78, 5) is 15.3. The molecule has 3 nitrogen and oxygen atoms in total. The van der Waals surface area contributed by atoms with Crippen LogP contribution in [0.15, 0.2) is 49.7 Å². The number of ether oxygens (including phenoxy) is 1. The van der Waals surface area contributed by atoms with Crippen LogP contribution in [0.1, 0.15) is 16.1 Å². The summed E-state index contributed by atoms with van der Waals surface area (Å²) in [6.45, 7) is 7.29. The number of aromatic nitrogens is 1. The average molecular weight is 215 g/mol. The number of pyridine rings is 1. The van der Waals surface area contributed by atoms with E-state index in [1.165, 1.54) is 13.3 Å². The fourth-order valence-corrected chi connectivity index (χ4v) is 1.19. The minimum atomic E-state index is -0.396. The van der Waals surface area contributed by atoms with Crippen LogP contribution in [0.25, 0.3) is 5.57 Å². The minimum absolute atomic E-state index is 0.396. The molecule has 0 N–H and O–H groups in total. The molecule has 0 radical (unpaired) electrons. The molecule has 3 heteroatoms. The predicted octanol–water partition coefficient (Wildman–Crippen LogP) is 2.62. The van der Waals surface area contributed by atoms with E-state index in [9.17, 15) is 4.79 Å². The molecule has 0 aliphatic carbocycles. The normalized spacial score (nSPS) is 10.7. The van der Waals surface area contributed by atoms with Gasteiger partial charge in [-0.1, -0.05) is 31.4 Å². The number of hydrogen-bond acceptors (Lipinski definition) is 3. The third-order valence-corrected chi connectivity index (χ3v) is 2.00. The zero-order chi connectivity index (χ0) is 12.0. The van der Waals surface area contributed by atoms with Crippen molar-refractivity contribution < 1.29 is 9.53 Å². The van der Waals surface area contributed by atoms with Crippen LogP contribution >= 0.6 is 0 Å². The van der Waals surface area contributed by atoms with Crippen LogP contribution in [0.2, 0.25) is 0 Å². The molecule has 0 amide bonds. The van der Waals surface area contributed by atoms with Crippen LogP contribution in [-0.2, 0) is 4.74 Å². The molecule has 0 bridgehead atoms. The lowest BCUT2D eigenvalue weighted by Crippen LogP contribution is -2.02. The average Bonchev–Trinajstić information content (AvgIpc) is 2.35. The van der Waals surface area contributed by atoms with Gasteiger partial charge in [0.2, 0.25) is 0 Å². The number of carbonyl (C=O) groups excluding carboxylic acids is 1. The van der Waals surface area contributed by atoms with Gasteiger partial charge in [0.1, 0.15) is 0 Å². The second-order valence-corrected chi connectivity index (χ2v) is 2.99. The lowest BCUT2D eigenvalue weighted by Gasteiger charge is -2.02. The van der Waals surface area contributed by atoms with Gasteiger partial charge in [0, 0.05) is 6.20 Å². The number of methoxy groups -OCH3 is 1. The Morgan fingerprint density at radius 2 is 2.19 bits per heavy atom. The van der Waals surface area contributed by atoms with E-state index in [0.717, 1.165) is 11.3 Å². The topological polar surface area (TPSA) is 39.2 Å². The molecule has 16 heavy (non-hydrogen) atoms. The van der Waals surface area contributed by atoms with Crippen molar-refractivity contribution in [2.75, 3.05) is 7.11 Å². The molecular formula is C13H13NO2. The van der Waals surface area contributed by atoms with Crippen LogP contribution in [0.4, 0.5) is 0 Å². The van der Waals surface area contributed by atoms with Crippen molar-refractivity contribution >= 4 is 11.5 Å². The van der Waals surface area contributed by atoms with Gasteiger partial charge in [-0.15, -0.1) is 0 Å². The van der Waals surface area contributed by atoms with E-state index in [4.69, 9.17) is 0 Å². The van der Waals surface area contributed by atoms with E-state index in [1.807, 2.05) is 0 Å². The third-order valence-electron chi connectivity index (χ3n) is 2.00. The Labute approximate surface area is 94.8 Å². The summed E-state index contributed by atoms with van der Waals surface area (Å²) in [5, 5.41) is 0. The van der Waals surface area contributed by atoms with E-state index in [-0.39, 0.29) is 0 Å². The molecule has 82 valence electrons. The van der Waals surface area contributed by atoms with Crippen molar-refractivity contribution in [2.24, 2.45) is 0 Å². The Hall–Kier alpha value is -2.16. The fraction of sp³-hybridized carbons (Fsp3) is 0.0769. The fourth-order valence-electron chi connectivity index (χ4n) is 1.19. The standard InChI is InChI=1S/C13H13NO2/c1-4-6-10(5-2)12-8-7-11(9-14-12)13(15)16-3/h4-9H,1-2H2,3H3/b10-6+. The smallest absolute Gasteiger partial charge is 0.339 e. The summed E-state index contributed by atoms with van der Waals surface area (Å²) >= 11 is 0. The Kier molecular flexibility index (Phi) is 4.21. The maximum atomic E-state index is 11.2. The van der Waals surface area contributed by atoms with Gasteiger partial charge >= 0.3 is 5.97 Å². The van der Waals surface area contributed by atoms with Crippen molar-refractivity contribution in [2.45, 2.75) is 0 Å². The highest BCUT2D eigenvalue weighted by Crippen LogP contribution is 2.13. The second-order valence-electron chi connectivity index (χ2n) is 2.99. The Bertz CT molecular complexity index is 430. The zero-order valence-corrected chi connectivity index (χ0v) is 9.14. The van der Waals surface area contributed by atoms with Gasteiger partial charge in [0.25, 0.3) is 0 Å².